The number of benzene rings is 2. The van der Waals surface area contributed by atoms with E-state index in [9.17, 15) is 14.7 Å². The molecule has 35 heavy (non-hydrogen) atoms. The standard InChI is InChI=1S/C29H34N2O4/c1-18-8-10-19(11-9-18)31-22-7-5-4-6-20(22)29(27(31)34)14-15-30-17-28(2)13-12-23(32)25(26(33)35-3)21(28)16-24(29)30/h4-11,21,23-25,32H,12-17H2,1-3H3/t21-,23+,24+,25-,28+,29+/m1/s1. The third-order valence-electron chi connectivity index (χ3n) is 9.57. The van der Waals surface area contributed by atoms with Crippen molar-refractivity contribution >= 4 is 23.3 Å². The molecule has 6 nitrogen and oxygen atoms in total. The summed E-state index contributed by atoms with van der Waals surface area (Å²) in [4.78, 5) is 31.7. The van der Waals surface area contributed by atoms with Gasteiger partial charge in [-0.15, -0.1) is 0 Å². The maximum atomic E-state index is 14.5. The third-order valence-corrected chi connectivity index (χ3v) is 9.57. The zero-order chi connectivity index (χ0) is 24.5. The van der Waals surface area contributed by atoms with Crippen molar-refractivity contribution in [2.24, 2.45) is 17.3 Å². The number of carbonyl (C=O) groups is 2. The molecule has 6 atom stereocenters. The van der Waals surface area contributed by atoms with Crippen LogP contribution in [-0.4, -0.2) is 54.2 Å². The van der Waals surface area contributed by atoms with Crippen LogP contribution in [0.25, 0.3) is 0 Å². The quantitative estimate of drug-likeness (QED) is 0.668. The number of aliphatic hydroxyl groups excluding tert-OH is 1. The van der Waals surface area contributed by atoms with Gasteiger partial charge in [0.1, 0.15) is 0 Å². The number of aryl methyl sites for hydroxylation is 1. The molecule has 1 spiro atoms. The van der Waals surface area contributed by atoms with Gasteiger partial charge in [-0.25, -0.2) is 0 Å². The number of amides is 1. The molecular formula is C29H34N2O4. The minimum atomic E-state index is -0.694. The van der Waals surface area contributed by atoms with E-state index in [1.165, 1.54) is 7.11 Å². The highest BCUT2D eigenvalue weighted by molar-refractivity contribution is 6.13. The van der Waals surface area contributed by atoms with Crippen LogP contribution in [0.4, 0.5) is 11.4 Å². The lowest BCUT2D eigenvalue weighted by molar-refractivity contribution is -0.167. The number of esters is 1. The second-order valence-corrected chi connectivity index (χ2v) is 11.4. The lowest BCUT2D eigenvalue weighted by atomic mass is 9.55. The SMILES string of the molecule is COC(=O)[C@@H]1[C@H]2C[C@@H]3N(CC[C@@]34C(=O)N(c3ccc(C)cc3)c3ccccc34)C[C@]2(C)CC[C@@H]1O. The zero-order valence-corrected chi connectivity index (χ0v) is 20.7. The molecule has 3 fully saturated rings. The number of rotatable bonds is 2. The Bertz CT molecular complexity index is 1180. The Balaban J connectivity index is 1.44. The number of piperidine rings is 1. The predicted octanol–water partition coefficient (Wildman–Crippen LogP) is 3.96. The van der Waals surface area contributed by atoms with Gasteiger partial charge in [0.15, 0.2) is 0 Å². The van der Waals surface area contributed by atoms with Gasteiger partial charge < -0.3 is 9.84 Å². The molecule has 6 heteroatoms. The number of aliphatic hydroxyl groups is 1. The van der Waals surface area contributed by atoms with Gasteiger partial charge in [-0.2, -0.15) is 0 Å². The summed E-state index contributed by atoms with van der Waals surface area (Å²) in [5.74, 6) is -0.764. The highest BCUT2D eigenvalue weighted by atomic mass is 16.5. The number of carbonyl (C=O) groups excluding carboxylic acids is 2. The fraction of sp³-hybridized carbons (Fsp3) is 0.517. The van der Waals surface area contributed by atoms with Gasteiger partial charge >= 0.3 is 5.97 Å². The number of methoxy groups -OCH3 is 1. The molecule has 2 saturated heterocycles. The lowest BCUT2D eigenvalue weighted by Gasteiger charge is -2.55. The normalized spacial score (nSPS) is 36.1. The van der Waals surface area contributed by atoms with Crippen LogP contribution in [0.5, 0.6) is 0 Å². The van der Waals surface area contributed by atoms with Crippen molar-refractivity contribution in [1.29, 1.82) is 0 Å². The number of anilines is 2. The maximum Gasteiger partial charge on any atom is 0.311 e. The Kier molecular flexibility index (Phi) is 5.14. The van der Waals surface area contributed by atoms with Gasteiger partial charge in [0.05, 0.1) is 30.2 Å². The van der Waals surface area contributed by atoms with E-state index in [4.69, 9.17) is 4.74 Å². The summed E-state index contributed by atoms with van der Waals surface area (Å²) in [6.45, 7) is 6.00. The molecule has 2 aromatic rings. The summed E-state index contributed by atoms with van der Waals surface area (Å²) in [6, 6.07) is 16.3. The molecule has 0 radical (unpaired) electrons. The fourth-order valence-electron chi connectivity index (χ4n) is 7.81. The monoisotopic (exact) mass is 474 g/mol. The Morgan fingerprint density at radius 2 is 1.86 bits per heavy atom. The molecule has 3 heterocycles. The van der Waals surface area contributed by atoms with Crippen molar-refractivity contribution in [2.45, 2.75) is 57.1 Å². The molecule has 3 aliphatic heterocycles. The van der Waals surface area contributed by atoms with Gasteiger partial charge in [0, 0.05) is 18.3 Å². The van der Waals surface area contributed by atoms with Crippen LogP contribution in [0.3, 0.4) is 0 Å². The van der Waals surface area contributed by atoms with Gasteiger partial charge in [-0.3, -0.25) is 19.4 Å². The van der Waals surface area contributed by atoms with E-state index in [0.29, 0.717) is 12.8 Å². The van der Waals surface area contributed by atoms with Crippen LogP contribution in [0.15, 0.2) is 48.5 Å². The third kappa shape index (κ3) is 3.09. The summed E-state index contributed by atoms with van der Waals surface area (Å²) in [5.41, 5.74) is 3.37. The largest absolute Gasteiger partial charge is 0.469 e. The number of ether oxygens (including phenoxy) is 1. The maximum absolute atomic E-state index is 14.5. The predicted molar refractivity (Wildman–Crippen MR) is 133 cm³/mol. The molecule has 1 N–H and O–H groups in total. The Morgan fingerprint density at radius 1 is 1.11 bits per heavy atom. The summed E-state index contributed by atoms with van der Waals surface area (Å²) >= 11 is 0. The number of hydrogen-bond acceptors (Lipinski definition) is 5. The smallest absolute Gasteiger partial charge is 0.311 e. The van der Waals surface area contributed by atoms with Crippen LogP contribution in [0, 0.1) is 24.2 Å². The van der Waals surface area contributed by atoms with E-state index in [1.807, 2.05) is 41.3 Å². The molecule has 0 aromatic heterocycles. The molecule has 2 aromatic carbocycles. The highest BCUT2D eigenvalue weighted by Crippen LogP contribution is 2.60. The number of para-hydroxylation sites is 1. The Morgan fingerprint density at radius 3 is 2.60 bits per heavy atom. The van der Waals surface area contributed by atoms with E-state index in [2.05, 4.69) is 30.9 Å². The second-order valence-electron chi connectivity index (χ2n) is 11.4. The van der Waals surface area contributed by atoms with E-state index >= 15 is 0 Å². The fourth-order valence-corrected chi connectivity index (χ4v) is 7.81. The Hall–Kier alpha value is -2.70. The first-order valence-electron chi connectivity index (χ1n) is 12.8. The van der Waals surface area contributed by atoms with Crippen LogP contribution in [0.2, 0.25) is 0 Å². The van der Waals surface area contributed by atoms with Gasteiger partial charge in [0.25, 0.3) is 0 Å². The van der Waals surface area contributed by atoms with Crippen LogP contribution < -0.4 is 4.90 Å². The second kappa shape index (κ2) is 7.90. The molecule has 1 amide bonds. The van der Waals surface area contributed by atoms with Gasteiger partial charge in [0.2, 0.25) is 5.91 Å². The van der Waals surface area contributed by atoms with Crippen LogP contribution in [-0.2, 0) is 19.7 Å². The molecule has 1 saturated carbocycles. The molecule has 0 bridgehead atoms. The van der Waals surface area contributed by atoms with Gasteiger partial charge in [-0.05, 0) is 74.2 Å². The Labute approximate surface area is 206 Å². The van der Waals surface area contributed by atoms with Crippen molar-refractivity contribution in [3.63, 3.8) is 0 Å². The van der Waals surface area contributed by atoms with Crippen molar-refractivity contribution in [1.82, 2.24) is 4.90 Å². The zero-order valence-electron chi connectivity index (χ0n) is 20.7. The van der Waals surface area contributed by atoms with E-state index in [-0.39, 0.29) is 29.3 Å². The van der Waals surface area contributed by atoms with E-state index in [0.717, 1.165) is 48.4 Å². The van der Waals surface area contributed by atoms with E-state index in [1.54, 1.807) is 0 Å². The summed E-state index contributed by atoms with van der Waals surface area (Å²) in [6.07, 6.45) is 2.27. The summed E-state index contributed by atoms with van der Waals surface area (Å²) in [7, 11) is 1.41. The summed E-state index contributed by atoms with van der Waals surface area (Å²) in [5, 5.41) is 10.9. The highest BCUT2D eigenvalue weighted by Gasteiger charge is 2.65. The average Bonchev–Trinajstić information content (AvgIpc) is 3.34. The minimum Gasteiger partial charge on any atom is -0.469 e. The molecule has 6 rings (SSSR count). The van der Waals surface area contributed by atoms with Crippen LogP contribution in [0.1, 0.15) is 43.7 Å². The molecular weight excluding hydrogens is 440 g/mol. The topological polar surface area (TPSA) is 70.1 Å². The first kappa shape index (κ1) is 22.7. The lowest BCUT2D eigenvalue weighted by Crippen LogP contribution is -2.61. The number of nitrogens with zero attached hydrogens (tertiary/aromatic N) is 2. The average molecular weight is 475 g/mol. The minimum absolute atomic E-state index is 0.0119. The number of hydrogen-bond donors (Lipinski definition) is 1. The molecule has 1 aliphatic carbocycles. The molecule has 184 valence electrons. The first-order valence-corrected chi connectivity index (χ1v) is 12.8. The van der Waals surface area contributed by atoms with Crippen molar-refractivity contribution < 1.29 is 19.4 Å². The van der Waals surface area contributed by atoms with Gasteiger partial charge in [-0.1, -0.05) is 42.8 Å². The molecule has 4 aliphatic rings. The van der Waals surface area contributed by atoms with E-state index < -0.39 is 17.4 Å². The molecule has 0 unspecified atom stereocenters. The van der Waals surface area contributed by atoms with Crippen LogP contribution >= 0.6 is 0 Å². The van der Waals surface area contributed by atoms with Crippen molar-refractivity contribution in [3.05, 3.63) is 59.7 Å². The summed E-state index contributed by atoms with van der Waals surface area (Å²) < 4.78 is 5.16. The van der Waals surface area contributed by atoms with Crippen molar-refractivity contribution in [2.75, 3.05) is 25.1 Å². The first-order chi connectivity index (χ1) is 16.8. The number of fused-ring (bicyclic) bond motifs is 5. The van der Waals surface area contributed by atoms with Crippen molar-refractivity contribution in [3.8, 4) is 0 Å².